The van der Waals surface area contributed by atoms with Crippen LogP contribution in [0.1, 0.15) is 40.2 Å². The number of aromatic hydroxyl groups is 1. The Morgan fingerprint density at radius 1 is 0.911 bits per heavy atom. The highest BCUT2D eigenvalue weighted by Crippen LogP contribution is 2.56. The summed E-state index contributed by atoms with van der Waals surface area (Å²) in [6, 6.07) is 20.0. The van der Waals surface area contributed by atoms with Gasteiger partial charge in [-0.1, -0.05) is 48.0 Å². The van der Waals surface area contributed by atoms with Gasteiger partial charge in [0.2, 0.25) is 11.8 Å². The van der Waals surface area contributed by atoms with Gasteiger partial charge in [0.05, 0.1) is 29.1 Å². The number of benzene rings is 3. The molecule has 1 heterocycles. The topological polar surface area (TPSA) is 118 Å². The van der Waals surface area contributed by atoms with E-state index in [4.69, 9.17) is 4.74 Å². The van der Waals surface area contributed by atoms with E-state index in [1.54, 1.807) is 60.7 Å². The van der Waals surface area contributed by atoms with E-state index >= 15 is 0 Å². The predicted octanol–water partition coefficient (Wildman–Crippen LogP) is 5.60. The Balaban J connectivity index is 1.26. The zero-order valence-corrected chi connectivity index (χ0v) is 25.6. The number of hydrogen-bond donors (Lipinski definition) is 1. The molecule has 4 unspecified atom stereocenters. The minimum Gasteiger partial charge on any atom is -0.507 e. The lowest BCUT2D eigenvalue weighted by molar-refractivity contribution is -0.123. The van der Waals surface area contributed by atoms with Crippen LogP contribution in [0.25, 0.3) is 0 Å². The van der Waals surface area contributed by atoms with Gasteiger partial charge in [-0.05, 0) is 65.0 Å². The molecule has 3 aliphatic carbocycles. The van der Waals surface area contributed by atoms with E-state index in [2.05, 4.69) is 15.9 Å². The molecule has 0 radical (unpaired) electrons. The Labute approximate surface area is 266 Å². The molecule has 0 aromatic heterocycles. The molecule has 1 aliphatic heterocycles. The number of phenols is 1. The van der Waals surface area contributed by atoms with Crippen molar-refractivity contribution in [3.63, 3.8) is 0 Å². The summed E-state index contributed by atoms with van der Waals surface area (Å²) in [6.07, 6.45) is 3.52. The SMILES string of the molecule is COc1ccc(C2C3=CCC4C(=O)N(c5ccc(C(=O)c6ccccc6)cc5)C(=O)C4C3CC3=C2C(=O)C=C(Br)C3=O)c(O)c1. The van der Waals surface area contributed by atoms with Gasteiger partial charge in [-0.15, -0.1) is 0 Å². The molecule has 4 aliphatic rings. The zero-order valence-electron chi connectivity index (χ0n) is 24.0. The number of carbonyl (C=O) groups excluding carboxylic acids is 5. The van der Waals surface area contributed by atoms with E-state index in [1.165, 1.54) is 24.2 Å². The number of halogens is 1. The Morgan fingerprint density at radius 2 is 1.62 bits per heavy atom. The number of allylic oxidation sites excluding steroid dienone is 6. The highest BCUT2D eigenvalue weighted by atomic mass is 79.9. The number of fused-ring (bicyclic) bond motifs is 3. The second-order valence-corrected chi connectivity index (χ2v) is 12.4. The first kappa shape index (κ1) is 28.9. The van der Waals surface area contributed by atoms with Crippen LogP contribution in [-0.4, -0.2) is 41.4 Å². The molecule has 9 heteroatoms. The fraction of sp³-hybridized carbons (Fsp3) is 0.194. The molecular formula is C36H26BrNO7. The number of imide groups is 1. The van der Waals surface area contributed by atoms with Crippen molar-refractivity contribution in [1.82, 2.24) is 0 Å². The van der Waals surface area contributed by atoms with Crippen molar-refractivity contribution in [2.75, 3.05) is 12.0 Å². The van der Waals surface area contributed by atoms with Crippen LogP contribution in [0, 0.1) is 17.8 Å². The third kappa shape index (κ3) is 4.52. The number of ether oxygens (including phenoxy) is 1. The summed E-state index contributed by atoms with van der Waals surface area (Å²) in [5, 5.41) is 11.1. The summed E-state index contributed by atoms with van der Waals surface area (Å²) in [5.41, 5.74) is 3.02. The molecule has 1 N–H and O–H groups in total. The molecule has 224 valence electrons. The lowest BCUT2D eigenvalue weighted by atomic mass is 9.59. The van der Waals surface area contributed by atoms with Crippen LogP contribution in [0.2, 0.25) is 0 Å². The number of amides is 2. The number of phenolic OH excluding ortho intramolecular Hbond substituents is 1. The molecule has 2 amide bonds. The standard InChI is InChI=1S/C36H26BrNO7/c1-45-21-11-12-23(28(39)15-21)30-22-13-14-24-31(25(22)16-26-32(30)29(40)17-27(37)34(26)42)36(44)38(35(24)43)20-9-7-19(8-10-20)33(41)18-5-3-2-4-6-18/h2-13,15,17,24-25,30-31,39H,14,16H2,1H3. The Hall–Kier alpha value is -4.89. The quantitative estimate of drug-likeness (QED) is 0.163. The van der Waals surface area contributed by atoms with Gasteiger partial charge in [-0.2, -0.15) is 0 Å². The third-order valence-corrected chi connectivity index (χ3v) is 9.89. The van der Waals surface area contributed by atoms with Crippen LogP contribution >= 0.6 is 15.9 Å². The van der Waals surface area contributed by atoms with Gasteiger partial charge in [0.15, 0.2) is 17.3 Å². The first-order valence-corrected chi connectivity index (χ1v) is 15.3. The number of hydrogen-bond acceptors (Lipinski definition) is 7. The lowest BCUT2D eigenvalue weighted by Crippen LogP contribution is -2.39. The second-order valence-electron chi connectivity index (χ2n) is 11.6. The van der Waals surface area contributed by atoms with E-state index in [1.807, 2.05) is 12.1 Å². The molecule has 4 atom stereocenters. The van der Waals surface area contributed by atoms with Crippen LogP contribution in [0.15, 0.2) is 106 Å². The maximum Gasteiger partial charge on any atom is 0.238 e. The van der Waals surface area contributed by atoms with Crippen molar-refractivity contribution >= 4 is 50.8 Å². The van der Waals surface area contributed by atoms with Gasteiger partial charge >= 0.3 is 0 Å². The van der Waals surface area contributed by atoms with Gasteiger partial charge < -0.3 is 9.84 Å². The number of anilines is 1. The number of nitrogens with zero attached hydrogens (tertiary/aromatic N) is 1. The van der Waals surface area contributed by atoms with Crippen molar-refractivity contribution in [2.45, 2.75) is 18.8 Å². The van der Waals surface area contributed by atoms with Crippen molar-refractivity contribution in [2.24, 2.45) is 17.8 Å². The van der Waals surface area contributed by atoms with E-state index in [9.17, 15) is 29.1 Å². The van der Waals surface area contributed by atoms with Gasteiger partial charge in [-0.3, -0.25) is 28.9 Å². The minimum atomic E-state index is -0.779. The Morgan fingerprint density at radius 3 is 2.31 bits per heavy atom. The lowest BCUT2D eigenvalue weighted by Gasteiger charge is -2.42. The van der Waals surface area contributed by atoms with Crippen LogP contribution < -0.4 is 9.64 Å². The molecular weight excluding hydrogens is 638 g/mol. The molecule has 1 saturated heterocycles. The zero-order chi connectivity index (χ0) is 31.6. The molecule has 45 heavy (non-hydrogen) atoms. The molecule has 3 aromatic rings. The fourth-order valence-corrected chi connectivity index (χ4v) is 7.68. The molecule has 3 aromatic carbocycles. The van der Waals surface area contributed by atoms with Crippen molar-refractivity contribution in [3.05, 3.63) is 123 Å². The van der Waals surface area contributed by atoms with Crippen molar-refractivity contribution in [1.29, 1.82) is 0 Å². The maximum atomic E-state index is 14.2. The summed E-state index contributed by atoms with van der Waals surface area (Å²) >= 11 is 3.23. The molecule has 8 nitrogen and oxygen atoms in total. The first-order chi connectivity index (χ1) is 21.7. The van der Waals surface area contributed by atoms with Crippen LogP contribution in [-0.2, 0) is 19.2 Å². The van der Waals surface area contributed by atoms with Gasteiger partial charge in [-0.25, -0.2) is 0 Å². The number of Topliss-reactive ketones (excluding diaryl/α,β-unsaturated/α-hetero) is 1. The van der Waals surface area contributed by atoms with E-state index in [0.29, 0.717) is 28.1 Å². The molecule has 1 fully saturated rings. The third-order valence-electron chi connectivity index (χ3n) is 9.30. The summed E-state index contributed by atoms with van der Waals surface area (Å²) in [4.78, 5) is 68.9. The molecule has 0 bridgehead atoms. The highest BCUT2D eigenvalue weighted by molar-refractivity contribution is 9.12. The van der Waals surface area contributed by atoms with Crippen LogP contribution in [0.5, 0.6) is 11.5 Å². The fourth-order valence-electron chi connectivity index (χ4n) is 7.23. The Kier molecular flexibility index (Phi) is 7.00. The number of carbonyl (C=O) groups is 5. The van der Waals surface area contributed by atoms with Gasteiger partial charge in [0, 0.05) is 45.9 Å². The van der Waals surface area contributed by atoms with E-state index in [0.717, 1.165) is 5.57 Å². The average molecular weight is 665 g/mol. The predicted molar refractivity (Wildman–Crippen MR) is 168 cm³/mol. The monoisotopic (exact) mass is 663 g/mol. The summed E-state index contributed by atoms with van der Waals surface area (Å²) < 4.78 is 5.38. The Bertz CT molecular complexity index is 1920. The van der Waals surface area contributed by atoms with E-state index in [-0.39, 0.29) is 57.5 Å². The van der Waals surface area contributed by atoms with Crippen molar-refractivity contribution < 1.29 is 33.8 Å². The minimum absolute atomic E-state index is 0.107. The normalized spacial score (nSPS) is 24.1. The van der Waals surface area contributed by atoms with E-state index < -0.39 is 29.6 Å². The summed E-state index contributed by atoms with van der Waals surface area (Å²) in [7, 11) is 1.48. The summed E-state index contributed by atoms with van der Waals surface area (Å²) in [5.74, 6) is -4.05. The van der Waals surface area contributed by atoms with Crippen LogP contribution in [0.4, 0.5) is 5.69 Å². The smallest absolute Gasteiger partial charge is 0.238 e. The summed E-state index contributed by atoms with van der Waals surface area (Å²) in [6.45, 7) is 0. The largest absolute Gasteiger partial charge is 0.507 e. The second kappa shape index (κ2) is 10.9. The highest BCUT2D eigenvalue weighted by Gasteiger charge is 2.57. The molecule has 7 rings (SSSR count). The molecule has 0 spiro atoms. The van der Waals surface area contributed by atoms with Gasteiger partial charge in [0.25, 0.3) is 0 Å². The first-order valence-electron chi connectivity index (χ1n) is 14.5. The van der Waals surface area contributed by atoms with Gasteiger partial charge in [0.1, 0.15) is 11.5 Å². The average Bonchev–Trinajstić information content (AvgIpc) is 3.32. The molecule has 0 saturated carbocycles. The number of methoxy groups -OCH3 is 1. The number of ketones is 3. The van der Waals surface area contributed by atoms with Crippen molar-refractivity contribution in [3.8, 4) is 11.5 Å². The maximum absolute atomic E-state index is 14.2. The number of rotatable bonds is 5. The van der Waals surface area contributed by atoms with Crippen LogP contribution in [0.3, 0.4) is 0 Å².